The highest BCUT2D eigenvalue weighted by atomic mass is 32.2. The van der Waals surface area contributed by atoms with E-state index in [0.717, 1.165) is 29.9 Å². The summed E-state index contributed by atoms with van der Waals surface area (Å²) in [6.45, 7) is 8.58. The Morgan fingerprint density at radius 2 is 2.05 bits per heavy atom. The number of nitrogens with zero attached hydrogens (tertiary/aromatic N) is 1. The molecule has 0 aliphatic carbocycles. The van der Waals surface area contributed by atoms with Gasteiger partial charge in [0, 0.05) is 29.6 Å². The van der Waals surface area contributed by atoms with E-state index >= 15 is 0 Å². The van der Waals surface area contributed by atoms with E-state index in [-0.39, 0.29) is 16.6 Å². The lowest BCUT2D eigenvalue weighted by atomic mass is 10.1. The van der Waals surface area contributed by atoms with E-state index in [9.17, 15) is 9.59 Å². The number of carbonyl (C=O) groups is 2. The van der Waals surface area contributed by atoms with Gasteiger partial charge in [-0.2, -0.15) is 0 Å². The fourth-order valence-corrected chi connectivity index (χ4v) is 2.92. The lowest BCUT2D eigenvalue weighted by Gasteiger charge is -2.17. The molecule has 0 radical (unpaired) electrons. The zero-order chi connectivity index (χ0) is 15.6. The molecular formula is C16H22N2O2S. The largest absolute Gasteiger partial charge is 0.325 e. The van der Waals surface area contributed by atoms with Crippen LogP contribution in [-0.2, 0) is 16.0 Å². The number of hydrogen-bond acceptors (Lipinski definition) is 3. The molecule has 114 valence electrons. The van der Waals surface area contributed by atoms with Crippen LogP contribution in [0.3, 0.4) is 0 Å². The van der Waals surface area contributed by atoms with Crippen LogP contribution in [0.25, 0.3) is 0 Å². The quantitative estimate of drug-likeness (QED) is 0.933. The van der Waals surface area contributed by atoms with Crippen molar-refractivity contribution in [3.8, 4) is 0 Å². The fraction of sp³-hybridized carbons (Fsp3) is 0.500. The molecule has 0 saturated carbocycles. The second kappa shape index (κ2) is 6.10. The van der Waals surface area contributed by atoms with E-state index < -0.39 is 0 Å². The third-order valence-electron chi connectivity index (χ3n) is 3.28. The Morgan fingerprint density at radius 3 is 2.67 bits per heavy atom. The number of rotatable bonds is 3. The number of benzene rings is 1. The molecule has 1 aliphatic heterocycles. The van der Waals surface area contributed by atoms with Gasteiger partial charge in [-0.3, -0.25) is 9.59 Å². The maximum absolute atomic E-state index is 11.9. The molecule has 4 nitrogen and oxygen atoms in total. The second-order valence-corrected chi connectivity index (χ2v) is 8.02. The molecular weight excluding hydrogens is 284 g/mol. The maximum atomic E-state index is 11.9. The van der Waals surface area contributed by atoms with Crippen LogP contribution in [0.2, 0.25) is 0 Å². The number of carbonyl (C=O) groups excluding carboxylic acids is 2. The lowest BCUT2D eigenvalue weighted by molar-refractivity contribution is -0.116. The molecule has 0 aromatic heterocycles. The summed E-state index contributed by atoms with van der Waals surface area (Å²) in [5.41, 5.74) is 2.88. The van der Waals surface area contributed by atoms with Crippen molar-refractivity contribution in [1.82, 2.24) is 0 Å². The third-order valence-corrected chi connectivity index (χ3v) is 4.55. The monoisotopic (exact) mass is 306 g/mol. The Labute approximate surface area is 130 Å². The molecule has 0 atom stereocenters. The van der Waals surface area contributed by atoms with E-state index in [1.807, 2.05) is 18.2 Å². The van der Waals surface area contributed by atoms with E-state index in [2.05, 4.69) is 26.1 Å². The van der Waals surface area contributed by atoms with Gasteiger partial charge >= 0.3 is 0 Å². The maximum Gasteiger partial charge on any atom is 0.234 e. The van der Waals surface area contributed by atoms with Crippen molar-refractivity contribution in [3.05, 3.63) is 23.8 Å². The predicted octanol–water partition coefficient (Wildman–Crippen LogP) is 3.07. The van der Waals surface area contributed by atoms with Gasteiger partial charge in [0.05, 0.1) is 5.75 Å². The van der Waals surface area contributed by atoms with Crippen molar-refractivity contribution in [2.75, 3.05) is 22.5 Å². The topological polar surface area (TPSA) is 49.4 Å². The molecule has 2 amide bonds. The Bertz CT molecular complexity index is 564. The molecule has 0 bridgehead atoms. The van der Waals surface area contributed by atoms with E-state index in [4.69, 9.17) is 0 Å². The van der Waals surface area contributed by atoms with Crippen LogP contribution in [-0.4, -0.2) is 28.9 Å². The average molecular weight is 306 g/mol. The van der Waals surface area contributed by atoms with Gasteiger partial charge in [0.2, 0.25) is 11.8 Å². The van der Waals surface area contributed by atoms with Gasteiger partial charge in [-0.25, -0.2) is 0 Å². The molecule has 1 N–H and O–H groups in total. The molecule has 2 rings (SSSR count). The number of amides is 2. The molecule has 0 fully saturated rings. The highest BCUT2D eigenvalue weighted by Gasteiger charge is 2.22. The van der Waals surface area contributed by atoms with Crippen LogP contribution in [0.4, 0.5) is 11.4 Å². The number of hydrogen-bond donors (Lipinski definition) is 1. The molecule has 1 aliphatic rings. The summed E-state index contributed by atoms with van der Waals surface area (Å²) in [4.78, 5) is 25.2. The Morgan fingerprint density at radius 1 is 1.33 bits per heavy atom. The summed E-state index contributed by atoms with van der Waals surface area (Å²) in [6.07, 6.45) is 0.843. The second-order valence-electron chi connectivity index (χ2n) is 6.21. The average Bonchev–Trinajstić information content (AvgIpc) is 2.78. The Hall–Kier alpha value is -1.49. The predicted molar refractivity (Wildman–Crippen MR) is 89.0 cm³/mol. The van der Waals surface area contributed by atoms with Gasteiger partial charge in [0.15, 0.2) is 0 Å². The number of nitrogens with one attached hydrogen (secondary N) is 1. The molecule has 1 aromatic rings. The van der Waals surface area contributed by atoms with Gasteiger partial charge in [-0.05, 0) is 30.2 Å². The van der Waals surface area contributed by atoms with Gasteiger partial charge in [0.25, 0.3) is 0 Å². The minimum absolute atomic E-state index is 0.0105. The number of anilines is 2. The smallest absolute Gasteiger partial charge is 0.234 e. The van der Waals surface area contributed by atoms with E-state index in [1.54, 1.807) is 23.6 Å². The first-order valence-corrected chi connectivity index (χ1v) is 8.10. The van der Waals surface area contributed by atoms with Crippen LogP contribution in [0.15, 0.2) is 18.2 Å². The van der Waals surface area contributed by atoms with Crippen molar-refractivity contribution in [2.24, 2.45) is 0 Å². The van der Waals surface area contributed by atoms with Gasteiger partial charge in [0.1, 0.15) is 0 Å². The normalized spacial score (nSPS) is 14.0. The van der Waals surface area contributed by atoms with Crippen molar-refractivity contribution in [2.45, 2.75) is 38.9 Å². The molecule has 0 spiro atoms. The summed E-state index contributed by atoms with van der Waals surface area (Å²) >= 11 is 1.63. The minimum Gasteiger partial charge on any atom is -0.325 e. The van der Waals surface area contributed by atoms with Gasteiger partial charge < -0.3 is 10.2 Å². The number of thioether (sulfide) groups is 1. The molecule has 0 saturated heterocycles. The van der Waals surface area contributed by atoms with Crippen LogP contribution in [0, 0.1) is 0 Å². The lowest BCUT2D eigenvalue weighted by Crippen LogP contribution is -2.25. The molecule has 5 heteroatoms. The van der Waals surface area contributed by atoms with Gasteiger partial charge in [-0.1, -0.05) is 20.8 Å². The zero-order valence-electron chi connectivity index (χ0n) is 13.0. The first-order chi connectivity index (χ1) is 9.76. The van der Waals surface area contributed by atoms with E-state index in [1.165, 1.54) is 0 Å². The minimum atomic E-state index is 0.0105. The van der Waals surface area contributed by atoms with Crippen molar-refractivity contribution >= 4 is 35.0 Å². The zero-order valence-corrected chi connectivity index (χ0v) is 13.8. The molecule has 1 aromatic carbocycles. The van der Waals surface area contributed by atoms with Crippen LogP contribution >= 0.6 is 11.8 Å². The highest BCUT2D eigenvalue weighted by Crippen LogP contribution is 2.30. The molecule has 1 heterocycles. The van der Waals surface area contributed by atoms with Crippen molar-refractivity contribution in [3.63, 3.8) is 0 Å². The van der Waals surface area contributed by atoms with Crippen molar-refractivity contribution < 1.29 is 9.59 Å². The van der Waals surface area contributed by atoms with Crippen molar-refractivity contribution in [1.29, 1.82) is 0 Å². The Balaban J connectivity index is 2.00. The highest BCUT2D eigenvalue weighted by molar-refractivity contribution is 8.01. The fourth-order valence-electron chi connectivity index (χ4n) is 2.29. The molecule has 21 heavy (non-hydrogen) atoms. The number of fused-ring (bicyclic) bond motifs is 1. The first kappa shape index (κ1) is 15.9. The Kier molecular flexibility index (Phi) is 4.61. The SMILES string of the molecule is CC(=O)N1CCc2cc(NC(=O)CSC(C)(C)C)ccc21. The van der Waals surface area contributed by atoms with Crippen LogP contribution in [0.1, 0.15) is 33.3 Å². The summed E-state index contributed by atoms with van der Waals surface area (Å²) in [5, 5.41) is 2.93. The summed E-state index contributed by atoms with van der Waals surface area (Å²) in [7, 11) is 0. The van der Waals surface area contributed by atoms with Crippen LogP contribution < -0.4 is 10.2 Å². The summed E-state index contributed by atoms with van der Waals surface area (Å²) in [6, 6.07) is 5.74. The van der Waals surface area contributed by atoms with Crippen LogP contribution in [0.5, 0.6) is 0 Å². The van der Waals surface area contributed by atoms with E-state index in [0.29, 0.717) is 5.75 Å². The summed E-state index contributed by atoms with van der Waals surface area (Å²) < 4.78 is 0.0806. The molecule has 0 unspecified atom stereocenters. The third kappa shape index (κ3) is 4.24. The standard InChI is InChI=1S/C16H22N2O2S/c1-11(19)18-8-7-12-9-13(5-6-14(12)18)17-15(20)10-21-16(2,3)4/h5-6,9H,7-8,10H2,1-4H3,(H,17,20). The summed E-state index contributed by atoms with van der Waals surface area (Å²) in [5.74, 6) is 0.517. The first-order valence-electron chi connectivity index (χ1n) is 7.11. The van der Waals surface area contributed by atoms with Gasteiger partial charge in [-0.15, -0.1) is 11.8 Å².